The van der Waals surface area contributed by atoms with E-state index in [-0.39, 0.29) is 0 Å². The van der Waals surface area contributed by atoms with Crippen LogP contribution in [0.1, 0.15) is 40.0 Å². The maximum atomic E-state index is 10.6. The normalized spacial score (nSPS) is 12.9. The number of aliphatic hydroxyl groups excluding tert-OH is 1. The van der Waals surface area contributed by atoms with Crippen molar-refractivity contribution in [1.82, 2.24) is 0 Å². The van der Waals surface area contributed by atoms with Crippen LogP contribution in [0, 0.1) is 11.8 Å². The van der Waals surface area contributed by atoms with Crippen LogP contribution in [0.25, 0.3) is 0 Å². The molecule has 0 radical (unpaired) electrons. The highest BCUT2D eigenvalue weighted by atomic mass is 19.4. The van der Waals surface area contributed by atoms with Crippen molar-refractivity contribution in [1.29, 1.82) is 0 Å². The van der Waals surface area contributed by atoms with Crippen LogP contribution in [0.4, 0.5) is 13.2 Å². The van der Waals surface area contributed by atoms with Crippen LogP contribution in [-0.4, -0.2) is 29.0 Å². The maximum Gasteiger partial charge on any atom is 0.490 e. The van der Waals surface area contributed by atoms with Gasteiger partial charge in [-0.05, 0) is 31.1 Å². The number of aliphatic carboxylic acids is 1. The Morgan fingerprint density at radius 1 is 1.24 bits per heavy atom. The summed E-state index contributed by atoms with van der Waals surface area (Å²) in [6, 6.07) is 0. The first-order chi connectivity index (χ1) is 7.61. The molecule has 0 fully saturated rings. The van der Waals surface area contributed by atoms with Gasteiger partial charge >= 0.3 is 12.1 Å². The van der Waals surface area contributed by atoms with Gasteiger partial charge in [-0.25, -0.2) is 4.79 Å². The van der Waals surface area contributed by atoms with Crippen LogP contribution >= 0.6 is 0 Å². The van der Waals surface area contributed by atoms with E-state index in [2.05, 4.69) is 20.8 Å². The van der Waals surface area contributed by atoms with E-state index in [1.165, 1.54) is 12.8 Å². The lowest BCUT2D eigenvalue weighted by Crippen LogP contribution is -2.21. The molecule has 0 aromatic heterocycles. The Balaban J connectivity index is 0. The van der Waals surface area contributed by atoms with E-state index in [1.807, 2.05) is 0 Å². The molecule has 1 unspecified atom stereocenters. The summed E-state index contributed by atoms with van der Waals surface area (Å²) in [7, 11) is 0. The first-order valence-corrected chi connectivity index (χ1v) is 5.52. The molecular formula is C11H21F3O3. The molecule has 0 spiro atoms. The largest absolute Gasteiger partial charge is 0.490 e. The minimum Gasteiger partial charge on any atom is -0.475 e. The number of alkyl halides is 3. The molecule has 0 saturated heterocycles. The number of aliphatic hydroxyl groups is 1. The molecule has 0 bridgehead atoms. The average Bonchev–Trinajstić information content (AvgIpc) is 2.13. The Morgan fingerprint density at radius 3 is 1.88 bits per heavy atom. The molecule has 0 aliphatic carbocycles. The van der Waals surface area contributed by atoms with Gasteiger partial charge < -0.3 is 10.2 Å². The van der Waals surface area contributed by atoms with Crippen LogP contribution in [0.5, 0.6) is 0 Å². The summed E-state index contributed by atoms with van der Waals surface area (Å²) in [4.78, 5) is 8.90. The van der Waals surface area contributed by atoms with Gasteiger partial charge in [-0.15, -0.1) is 0 Å². The molecule has 0 aromatic carbocycles. The summed E-state index contributed by atoms with van der Waals surface area (Å²) in [6.45, 7) is 7.10. The third-order valence-electron chi connectivity index (χ3n) is 1.97. The second kappa shape index (κ2) is 9.27. The van der Waals surface area contributed by atoms with Crippen LogP contribution in [0.15, 0.2) is 0 Å². The molecule has 1 atom stereocenters. The predicted octanol–water partition coefficient (Wildman–Crippen LogP) is 3.07. The van der Waals surface area contributed by atoms with Gasteiger partial charge in [-0.2, -0.15) is 13.2 Å². The summed E-state index contributed by atoms with van der Waals surface area (Å²) in [5, 5.41) is 15.7. The highest BCUT2D eigenvalue weighted by molar-refractivity contribution is 5.73. The molecular weight excluding hydrogens is 237 g/mol. The lowest BCUT2D eigenvalue weighted by atomic mass is 9.95. The zero-order valence-corrected chi connectivity index (χ0v) is 10.4. The first-order valence-electron chi connectivity index (χ1n) is 5.52. The minimum atomic E-state index is -5.08. The van der Waals surface area contributed by atoms with E-state index < -0.39 is 12.1 Å². The van der Waals surface area contributed by atoms with Crippen molar-refractivity contribution >= 4 is 5.97 Å². The average molecular weight is 258 g/mol. The SMILES string of the molecule is CC(C)CC(C)CCCO.O=C(O)C(F)(F)F. The van der Waals surface area contributed by atoms with Gasteiger partial charge in [0.25, 0.3) is 0 Å². The molecule has 0 aromatic rings. The van der Waals surface area contributed by atoms with E-state index in [1.54, 1.807) is 0 Å². The van der Waals surface area contributed by atoms with Gasteiger partial charge in [0.15, 0.2) is 0 Å². The molecule has 17 heavy (non-hydrogen) atoms. The Hall–Kier alpha value is -0.780. The van der Waals surface area contributed by atoms with Gasteiger partial charge in [0, 0.05) is 6.61 Å². The molecule has 0 heterocycles. The number of halogens is 3. The number of carboxylic acids is 1. The Morgan fingerprint density at radius 2 is 1.65 bits per heavy atom. The minimum absolute atomic E-state index is 0.350. The molecule has 0 amide bonds. The second-order valence-corrected chi connectivity index (χ2v) is 4.40. The predicted molar refractivity (Wildman–Crippen MR) is 58.6 cm³/mol. The fraction of sp³-hybridized carbons (Fsp3) is 0.909. The van der Waals surface area contributed by atoms with Crippen molar-refractivity contribution in [2.24, 2.45) is 11.8 Å². The van der Waals surface area contributed by atoms with Crippen molar-refractivity contribution in [2.75, 3.05) is 6.61 Å². The van der Waals surface area contributed by atoms with E-state index in [0.717, 1.165) is 18.3 Å². The van der Waals surface area contributed by atoms with Crippen molar-refractivity contribution < 1.29 is 28.2 Å². The molecule has 0 rings (SSSR count). The highest BCUT2D eigenvalue weighted by Gasteiger charge is 2.38. The third kappa shape index (κ3) is 15.2. The topological polar surface area (TPSA) is 57.5 Å². The van der Waals surface area contributed by atoms with Crippen molar-refractivity contribution in [3.05, 3.63) is 0 Å². The molecule has 3 nitrogen and oxygen atoms in total. The van der Waals surface area contributed by atoms with Gasteiger partial charge in [-0.3, -0.25) is 0 Å². The molecule has 2 N–H and O–H groups in total. The van der Waals surface area contributed by atoms with E-state index in [4.69, 9.17) is 15.0 Å². The molecule has 6 heteroatoms. The van der Waals surface area contributed by atoms with Crippen molar-refractivity contribution in [2.45, 2.75) is 46.2 Å². The van der Waals surface area contributed by atoms with Gasteiger partial charge in [0.05, 0.1) is 0 Å². The Bertz CT molecular complexity index is 203. The maximum absolute atomic E-state index is 10.6. The zero-order chi connectivity index (χ0) is 14.1. The van der Waals surface area contributed by atoms with Gasteiger partial charge in [0.1, 0.15) is 0 Å². The van der Waals surface area contributed by atoms with Crippen LogP contribution in [0.3, 0.4) is 0 Å². The lowest BCUT2D eigenvalue weighted by Gasteiger charge is -2.12. The number of hydrogen-bond acceptors (Lipinski definition) is 2. The Labute approximate surface area is 99.6 Å². The van der Waals surface area contributed by atoms with Gasteiger partial charge in [0.2, 0.25) is 0 Å². The summed E-state index contributed by atoms with van der Waals surface area (Å²) >= 11 is 0. The fourth-order valence-electron chi connectivity index (χ4n) is 1.36. The summed E-state index contributed by atoms with van der Waals surface area (Å²) in [5.41, 5.74) is 0. The van der Waals surface area contributed by atoms with E-state index >= 15 is 0 Å². The van der Waals surface area contributed by atoms with Gasteiger partial charge in [-0.1, -0.05) is 20.8 Å². The number of hydrogen-bond donors (Lipinski definition) is 2. The third-order valence-corrected chi connectivity index (χ3v) is 1.97. The Kier molecular flexibility index (Phi) is 10.1. The van der Waals surface area contributed by atoms with E-state index in [0.29, 0.717) is 6.61 Å². The van der Waals surface area contributed by atoms with Crippen LogP contribution in [0.2, 0.25) is 0 Å². The fourth-order valence-corrected chi connectivity index (χ4v) is 1.36. The number of carboxylic acid groups (broad SMARTS) is 1. The number of rotatable bonds is 5. The quantitative estimate of drug-likeness (QED) is 0.796. The van der Waals surface area contributed by atoms with E-state index in [9.17, 15) is 13.2 Å². The molecule has 104 valence electrons. The van der Waals surface area contributed by atoms with Crippen molar-refractivity contribution in [3.8, 4) is 0 Å². The summed E-state index contributed by atoms with van der Waals surface area (Å²) < 4.78 is 31.7. The number of carbonyl (C=O) groups is 1. The highest BCUT2D eigenvalue weighted by Crippen LogP contribution is 2.15. The molecule has 0 aliphatic heterocycles. The molecule has 0 saturated carbocycles. The first kappa shape index (κ1) is 18.6. The summed E-state index contributed by atoms with van der Waals surface area (Å²) in [5.74, 6) is -1.17. The monoisotopic (exact) mass is 258 g/mol. The van der Waals surface area contributed by atoms with Crippen molar-refractivity contribution in [3.63, 3.8) is 0 Å². The summed E-state index contributed by atoms with van der Waals surface area (Å²) in [6.07, 6.45) is -1.65. The lowest BCUT2D eigenvalue weighted by molar-refractivity contribution is -0.192. The van der Waals surface area contributed by atoms with Crippen LogP contribution < -0.4 is 0 Å². The van der Waals surface area contributed by atoms with Crippen LogP contribution in [-0.2, 0) is 4.79 Å². The standard InChI is InChI=1S/C9H20O.C2HF3O2/c1-8(2)7-9(3)5-4-6-10;3-2(4,5)1(6)7/h8-10H,4-7H2,1-3H3;(H,6,7). The zero-order valence-electron chi connectivity index (χ0n) is 10.4. The molecule has 0 aliphatic rings. The smallest absolute Gasteiger partial charge is 0.475 e. The second-order valence-electron chi connectivity index (χ2n) is 4.40.